The molecule has 0 fully saturated rings. The Hall–Kier alpha value is -1.92. The molecule has 0 radical (unpaired) electrons. The van der Waals surface area contributed by atoms with Gasteiger partial charge in [-0.3, -0.25) is 4.79 Å². The zero-order valence-electron chi connectivity index (χ0n) is 9.94. The lowest BCUT2D eigenvalue weighted by molar-refractivity contribution is -0.138. The molecule has 1 unspecified atom stereocenters. The Balaban J connectivity index is 2.59. The molecule has 102 valence electrons. The molecule has 0 saturated heterocycles. The fourth-order valence-corrected chi connectivity index (χ4v) is 1.30. The van der Waals surface area contributed by atoms with Gasteiger partial charge < -0.3 is 16.2 Å². The number of hydrogen-bond donors (Lipinski definition) is 3. The molecule has 0 amide bonds. The molecule has 1 aromatic rings. The van der Waals surface area contributed by atoms with Crippen LogP contribution in [0.4, 0.5) is 4.39 Å². The number of carboxylic acid groups (broad SMARTS) is 1. The zero-order chi connectivity index (χ0) is 14.4. The van der Waals surface area contributed by atoms with Crippen LogP contribution in [0.1, 0.15) is 5.56 Å². The number of nitrogens with zero attached hydrogens (tertiary/aromatic N) is 1. The summed E-state index contributed by atoms with van der Waals surface area (Å²) in [6.07, 6.45) is 4.31. The van der Waals surface area contributed by atoms with E-state index in [4.69, 9.17) is 22.4 Å². The molecule has 19 heavy (non-hydrogen) atoms. The molecule has 5 nitrogen and oxygen atoms in total. The maximum atomic E-state index is 13.5. The number of carbonyl (C=O) groups is 1. The van der Waals surface area contributed by atoms with E-state index >= 15 is 0 Å². The Morgan fingerprint density at radius 3 is 3.05 bits per heavy atom. The van der Waals surface area contributed by atoms with Gasteiger partial charge in [-0.2, -0.15) is 0 Å². The summed E-state index contributed by atoms with van der Waals surface area (Å²) in [5.41, 5.74) is 5.96. The van der Waals surface area contributed by atoms with Crippen molar-refractivity contribution in [1.82, 2.24) is 10.3 Å². The monoisotopic (exact) mass is 285 g/mol. The van der Waals surface area contributed by atoms with Gasteiger partial charge in [0.05, 0.1) is 0 Å². The molecule has 1 rings (SSSR count). The van der Waals surface area contributed by atoms with Crippen molar-refractivity contribution in [3.63, 3.8) is 0 Å². The molecule has 1 heterocycles. The number of carboxylic acids is 1. The van der Waals surface area contributed by atoms with Crippen LogP contribution in [0.5, 0.6) is 0 Å². The van der Waals surface area contributed by atoms with Gasteiger partial charge in [-0.05, 0) is 18.2 Å². The summed E-state index contributed by atoms with van der Waals surface area (Å²) in [4.78, 5) is 14.1. The molecule has 7 heteroatoms. The largest absolute Gasteiger partial charge is 0.480 e. The molecule has 0 bridgehead atoms. The van der Waals surface area contributed by atoms with Gasteiger partial charge in [0.25, 0.3) is 0 Å². The highest BCUT2D eigenvalue weighted by Gasteiger charge is 2.10. The van der Waals surface area contributed by atoms with Crippen molar-refractivity contribution in [2.24, 2.45) is 5.73 Å². The first kappa shape index (κ1) is 15.1. The van der Waals surface area contributed by atoms with Crippen molar-refractivity contribution in [3.05, 3.63) is 47.1 Å². The number of pyridine rings is 1. The average molecular weight is 286 g/mol. The van der Waals surface area contributed by atoms with E-state index in [0.717, 1.165) is 0 Å². The molecule has 0 saturated carbocycles. The smallest absolute Gasteiger partial charge is 0.322 e. The Morgan fingerprint density at radius 1 is 1.74 bits per heavy atom. The normalized spacial score (nSPS) is 12.4. The van der Waals surface area contributed by atoms with E-state index in [1.807, 2.05) is 0 Å². The summed E-state index contributed by atoms with van der Waals surface area (Å²) in [6.45, 7) is 3.66. The number of aromatic nitrogens is 1. The van der Waals surface area contributed by atoms with E-state index in [2.05, 4.69) is 16.9 Å². The van der Waals surface area contributed by atoms with E-state index in [0.29, 0.717) is 5.70 Å². The van der Waals surface area contributed by atoms with E-state index in [1.165, 1.54) is 24.4 Å². The van der Waals surface area contributed by atoms with Crippen molar-refractivity contribution < 1.29 is 14.3 Å². The Labute approximate surface area is 114 Å². The van der Waals surface area contributed by atoms with Crippen molar-refractivity contribution in [1.29, 1.82) is 0 Å². The van der Waals surface area contributed by atoms with E-state index in [1.54, 1.807) is 0 Å². The van der Waals surface area contributed by atoms with Crippen LogP contribution in [-0.4, -0.2) is 28.6 Å². The van der Waals surface area contributed by atoms with Gasteiger partial charge in [0.2, 0.25) is 0 Å². The number of aliphatic carboxylic acids is 1. The number of nitrogens with two attached hydrogens (primary N) is 1. The first-order chi connectivity index (χ1) is 8.91. The zero-order valence-corrected chi connectivity index (χ0v) is 10.7. The lowest BCUT2D eigenvalue weighted by atomic mass is 10.2. The molecule has 0 spiro atoms. The van der Waals surface area contributed by atoms with Gasteiger partial charge in [-0.25, -0.2) is 9.37 Å². The lowest BCUT2D eigenvalue weighted by Crippen LogP contribution is -2.39. The molecule has 0 aromatic carbocycles. The van der Waals surface area contributed by atoms with Crippen molar-refractivity contribution in [2.75, 3.05) is 6.54 Å². The number of nitrogens with one attached hydrogen (secondary N) is 1. The van der Waals surface area contributed by atoms with Gasteiger partial charge in [0.1, 0.15) is 6.04 Å². The van der Waals surface area contributed by atoms with E-state index in [9.17, 15) is 9.18 Å². The second kappa shape index (κ2) is 6.86. The first-order valence-corrected chi connectivity index (χ1v) is 5.69. The van der Waals surface area contributed by atoms with Crippen LogP contribution < -0.4 is 11.1 Å². The Bertz CT molecular complexity index is 520. The quantitative estimate of drug-likeness (QED) is 0.543. The third-order valence-electron chi connectivity index (χ3n) is 2.21. The second-order valence-electron chi connectivity index (χ2n) is 3.69. The minimum Gasteiger partial charge on any atom is -0.480 e. The number of halogens is 2. The minimum atomic E-state index is -1.11. The first-order valence-electron chi connectivity index (χ1n) is 5.31. The predicted molar refractivity (Wildman–Crippen MR) is 71.0 cm³/mol. The minimum absolute atomic E-state index is 0.0259. The molecular formula is C12H13ClFN3O2. The summed E-state index contributed by atoms with van der Waals surface area (Å²) < 4.78 is 13.5. The van der Waals surface area contributed by atoms with Gasteiger partial charge in [-0.15, -0.1) is 0 Å². The Kier molecular flexibility index (Phi) is 5.47. The van der Waals surface area contributed by atoms with Crippen LogP contribution in [0.15, 0.2) is 30.6 Å². The van der Waals surface area contributed by atoms with Crippen molar-refractivity contribution in [2.45, 2.75) is 6.04 Å². The van der Waals surface area contributed by atoms with Crippen LogP contribution in [-0.2, 0) is 4.79 Å². The highest BCUT2D eigenvalue weighted by atomic mass is 35.5. The highest BCUT2D eigenvalue weighted by Crippen LogP contribution is 2.16. The van der Waals surface area contributed by atoms with Gasteiger partial charge in [0, 0.05) is 24.0 Å². The molecule has 1 atom stereocenters. The maximum Gasteiger partial charge on any atom is 0.322 e. The molecule has 0 aliphatic heterocycles. The fraction of sp³-hybridized carbons (Fsp3) is 0.167. The van der Waals surface area contributed by atoms with Gasteiger partial charge in [0.15, 0.2) is 11.0 Å². The van der Waals surface area contributed by atoms with Crippen molar-refractivity contribution >= 4 is 23.6 Å². The van der Waals surface area contributed by atoms with Gasteiger partial charge >= 0.3 is 5.97 Å². The van der Waals surface area contributed by atoms with Crippen LogP contribution in [0.3, 0.4) is 0 Å². The topological polar surface area (TPSA) is 88.2 Å². The van der Waals surface area contributed by atoms with E-state index in [-0.39, 0.29) is 17.3 Å². The average Bonchev–Trinajstić information content (AvgIpc) is 2.37. The second-order valence-corrected chi connectivity index (χ2v) is 4.05. The highest BCUT2D eigenvalue weighted by molar-refractivity contribution is 6.29. The van der Waals surface area contributed by atoms with Crippen LogP contribution in [0.2, 0.25) is 5.15 Å². The van der Waals surface area contributed by atoms with Gasteiger partial charge in [-0.1, -0.05) is 18.2 Å². The molecule has 0 aliphatic rings. The fourth-order valence-electron chi connectivity index (χ4n) is 1.14. The summed E-state index contributed by atoms with van der Waals surface area (Å²) in [7, 11) is 0. The SMILES string of the molecule is C=C(/C=C/c1ccnc(Cl)c1F)NCC(N)C(=O)O. The molecular weight excluding hydrogens is 273 g/mol. The summed E-state index contributed by atoms with van der Waals surface area (Å²) >= 11 is 5.53. The van der Waals surface area contributed by atoms with Crippen LogP contribution in [0, 0.1) is 5.82 Å². The maximum absolute atomic E-state index is 13.5. The summed E-state index contributed by atoms with van der Waals surface area (Å²) in [5, 5.41) is 11.1. The molecule has 4 N–H and O–H groups in total. The van der Waals surface area contributed by atoms with E-state index < -0.39 is 17.8 Å². The number of hydrogen-bond acceptors (Lipinski definition) is 4. The summed E-state index contributed by atoms with van der Waals surface area (Å²) in [6, 6.07) is 0.422. The standard InChI is InChI=1S/C12H13ClFN3O2/c1-7(17-6-9(15)12(18)19)2-3-8-4-5-16-11(13)10(8)14/h2-5,9,17H,1,6,15H2,(H,18,19)/b3-2+. The van der Waals surface area contributed by atoms with Crippen LogP contribution in [0.25, 0.3) is 6.08 Å². The molecule has 1 aromatic heterocycles. The number of allylic oxidation sites excluding steroid dienone is 1. The predicted octanol–water partition coefficient (Wildman–Crippen LogP) is 1.40. The number of rotatable bonds is 6. The summed E-state index contributed by atoms with van der Waals surface area (Å²) in [5.74, 6) is -1.74. The van der Waals surface area contributed by atoms with Crippen molar-refractivity contribution in [3.8, 4) is 0 Å². The third-order valence-corrected chi connectivity index (χ3v) is 2.47. The lowest BCUT2D eigenvalue weighted by Gasteiger charge is -2.09. The third kappa shape index (κ3) is 4.69. The Morgan fingerprint density at radius 2 is 2.42 bits per heavy atom. The molecule has 0 aliphatic carbocycles. The van der Waals surface area contributed by atoms with Crippen LogP contribution >= 0.6 is 11.6 Å².